The number of pyridine rings is 1. The lowest BCUT2D eigenvalue weighted by Crippen LogP contribution is -2.36. The molecule has 0 bridgehead atoms. The number of anilines is 1. The summed E-state index contributed by atoms with van der Waals surface area (Å²) in [6, 6.07) is 1.98. The maximum atomic E-state index is 12.2. The fourth-order valence-corrected chi connectivity index (χ4v) is 1.95. The number of aromatic nitrogens is 1. The summed E-state index contributed by atoms with van der Waals surface area (Å²) < 4.78 is 0. The fourth-order valence-electron chi connectivity index (χ4n) is 1.95. The number of carbonyl (C=O) groups is 1. The van der Waals surface area contributed by atoms with E-state index in [-0.39, 0.29) is 11.9 Å². The first-order chi connectivity index (χ1) is 8.01. The Bertz CT molecular complexity index is 400. The lowest BCUT2D eigenvalue weighted by atomic mass is 10.1. The van der Waals surface area contributed by atoms with Crippen LogP contribution in [0.15, 0.2) is 12.3 Å². The Morgan fingerprint density at radius 3 is 2.53 bits per heavy atom. The maximum absolute atomic E-state index is 12.2. The van der Waals surface area contributed by atoms with Crippen molar-refractivity contribution >= 4 is 11.6 Å². The second-order valence-electron chi connectivity index (χ2n) is 4.30. The Morgan fingerprint density at radius 1 is 1.47 bits per heavy atom. The average Bonchev–Trinajstić information content (AvgIpc) is 2.29. The van der Waals surface area contributed by atoms with Gasteiger partial charge in [-0.25, -0.2) is 0 Å². The molecule has 4 heteroatoms. The van der Waals surface area contributed by atoms with Gasteiger partial charge < -0.3 is 10.6 Å². The number of hydrogen-bond acceptors (Lipinski definition) is 3. The molecular formula is C13H21N3O. The molecule has 94 valence electrons. The van der Waals surface area contributed by atoms with Gasteiger partial charge in [-0.3, -0.25) is 9.78 Å². The zero-order valence-corrected chi connectivity index (χ0v) is 11.0. The first-order valence-electron chi connectivity index (χ1n) is 6.00. The molecule has 2 N–H and O–H groups in total. The van der Waals surface area contributed by atoms with Gasteiger partial charge in [0.25, 0.3) is 5.91 Å². The van der Waals surface area contributed by atoms with E-state index in [1.54, 1.807) is 17.2 Å². The molecule has 0 spiro atoms. The third-order valence-corrected chi connectivity index (χ3v) is 3.11. The minimum atomic E-state index is -0.0521. The van der Waals surface area contributed by atoms with Crippen LogP contribution in [0.5, 0.6) is 0 Å². The molecule has 1 heterocycles. The van der Waals surface area contributed by atoms with E-state index >= 15 is 0 Å². The van der Waals surface area contributed by atoms with Crippen LogP contribution in [-0.4, -0.2) is 28.9 Å². The van der Waals surface area contributed by atoms with Gasteiger partial charge in [0.1, 0.15) is 0 Å². The molecular weight excluding hydrogens is 214 g/mol. The molecule has 0 unspecified atom stereocenters. The average molecular weight is 235 g/mol. The van der Waals surface area contributed by atoms with Crippen molar-refractivity contribution in [3.8, 4) is 0 Å². The summed E-state index contributed by atoms with van der Waals surface area (Å²) in [5.41, 5.74) is 7.67. The largest absolute Gasteiger partial charge is 0.398 e. The van der Waals surface area contributed by atoms with Crippen LogP contribution < -0.4 is 5.73 Å². The third kappa shape index (κ3) is 2.96. The van der Waals surface area contributed by atoms with Gasteiger partial charge in [0.2, 0.25) is 0 Å². The Hall–Kier alpha value is -1.58. The SMILES string of the molecule is CCC(CC)N(C)C(=O)c1cnc(C)cc1N. The number of nitrogen functional groups attached to an aromatic ring is 1. The fraction of sp³-hybridized carbons (Fsp3) is 0.538. The van der Waals surface area contributed by atoms with Crippen molar-refractivity contribution in [1.82, 2.24) is 9.88 Å². The van der Waals surface area contributed by atoms with Crippen molar-refractivity contribution < 1.29 is 4.79 Å². The Kier molecular flexibility index (Phi) is 4.49. The summed E-state index contributed by atoms with van der Waals surface area (Å²) >= 11 is 0. The number of nitrogens with zero attached hydrogens (tertiary/aromatic N) is 2. The summed E-state index contributed by atoms with van der Waals surface area (Å²) in [7, 11) is 1.82. The van der Waals surface area contributed by atoms with E-state index < -0.39 is 0 Å². The summed E-state index contributed by atoms with van der Waals surface area (Å²) in [5.74, 6) is -0.0521. The molecule has 0 saturated carbocycles. The number of carbonyl (C=O) groups excluding carboxylic acids is 1. The Morgan fingerprint density at radius 2 is 2.06 bits per heavy atom. The zero-order valence-electron chi connectivity index (χ0n) is 11.0. The molecule has 0 saturated heterocycles. The van der Waals surface area contributed by atoms with E-state index in [0.717, 1.165) is 18.5 Å². The molecule has 0 fully saturated rings. The van der Waals surface area contributed by atoms with Crippen molar-refractivity contribution in [2.75, 3.05) is 12.8 Å². The maximum Gasteiger partial charge on any atom is 0.257 e. The highest BCUT2D eigenvalue weighted by Gasteiger charge is 2.20. The highest BCUT2D eigenvalue weighted by Crippen LogP contribution is 2.16. The number of amides is 1. The van der Waals surface area contributed by atoms with E-state index in [2.05, 4.69) is 18.8 Å². The number of nitrogens with two attached hydrogens (primary N) is 1. The second kappa shape index (κ2) is 5.66. The van der Waals surface area contributed by atoms with Crippen LogP contribution in [0.2, 0.25) is 0 Å². The first-order valence-corrected chi connectivity index (χ1v) is 6.00. The molecule has 0 aliphatic carbocycles. The quantitative estimate of drug-likeness (QED) is 0.870. The van der Waals surface area contributed by atoms with E-state index in [4.69, 9.17) is 5.73 Å². The molecule has 1 aromatic rings. The van der Waals surface area contributed by atoms with Crippen molar-refractivity contribution in [1.29, 1.82) is 0 Å². The van der Waals surface area contributed by atoms with E-state index in [0.29, 0.717) is 11.3 Å². The molecule has 4 nitrogen and oxygen atoms in total. The molecule has 0 aliphatic heterocycles. The van der Waals surface area contributed by atoms with Crippen LogP contribution in [0.25, 0.3) is 0 Å². The lowest BCUT2D eigenvalue weighted by Gasteiger charge is -2.26. The van der Waals surface area contributed by atoms with Crippen molar-refractivity contribution in [3.63, 3.8) is 0 Å². The lowest BCUT2D eigenvalue weighted by molar-refractivity contribution is 0.0724. The van der Waals surface area contributed by atoms with Gasteiger partial charge in [-0.2, -0.15) is 0 Å². The van der Waals surface area contributed by atoms with Crippen LogP contribution >= 0.6 is 0 Å². The van der Waals surface area contributed by atoms with Crippen LogP contribution in [0.1, 0.15) is 42.7 Å². The first kappa shape index (κ1) is 13.5. The van der Waals surface area contributed by atoms with E-state index in [1.807, 2.05) is 14.0 Å². The normalized spacial score (nSPS) is 10.6. The monoisotopic (exact) mass is 235 g/mol. The molecule has 0 aromatic carbocycles. The molecule has 0 aliphatic rings. The number of rotatable bonds is 4. The standard InChI is InChI=1S/C13H21N3O/c1-5-10(6-2)16(4)13(17)11-8-15-9(3)7-12(11)14/h7-8,10H,5-6H2,1-4H3,(H2,14,15). The molecule has 1 rings (SSSR count). The minimum absolute atomic E-state index is 0.0521. The van der Waals surface area contributed by atoms with Crippen LogP contribution in [0, 0.1) is 6.92 Å². The van der Waals surface area contributed by atoms with Crippen molar-refractivity contribution in [3.05, 3.63) is 23.5 Å². The molecule has 0 radical (unpaired) electrons. The van der Waals surface area contributed by atoms with Gasteiger partial charge in [0.15, 0.2) is 0 Å². The van der Waals surface area contributed by atoms with Crippen molar-refractivity contribution in [2.24, 2.45) is 0 Å². The smallest absolute Gasteiger partial charge is 0.257 e. The summed E-state index contributed by atoms with van der Waals surface area (Å²) in [6.45, 7) is 6.01. The molecule has 1 amide bonds. The predicted molar refractivity (Wildman–Crippen MR) is 69.8 cm³/mol. The summed E-state index contributed by atoms with van der Waals surface area (Å²) in [4.78, 5) is 18.1. The van der Waals surface area contributed by atoms with Gasteiger partial charge >= 0.3 is 0 Å². The second-order valence-corrected chi connectivity index (χ2v) is 4.30. The molecule has 0 atom stereocenters. The van der Waals surface area contributed by atoms with Gasteiger partial charge in [-0.05, 0) is 25.8 Å². The van der Waals surface area contributed by atoms with E-state index in [1.165, 1.54) is 0 Å². The summed E-state index contributed by atoms with van der Waals surface area (Å²) in [6.07, 6.45) is 3.45. The Balaban J connectivity index is 2.96. The summed E-state index contributed by atoms with van der Waals surface area (Å²) in [5, 5.41) is 0. The van der Waals surface area contributed by atoms with Crippen LogP contribution in [-0.2, 0) is 0 Å². The molecule has 17 heavy (non-hydrogen) atoms. The highest BCUT2D eigenvalue weighted by molar-refractivity contribution is 5.98. The highest BCUT2D eigenvalue weighted by atomic mass is 16.2. The predicted octanol–water partition coefficient (Wildman–Crippen LogP) is 2.23. The topological polar surface area (TPSA) is 59.2 Å². The zero-order chi connectivity index (χ0) is 13.0. The van der Waals surface area contributed by atoms with Crippen LogP contribution in [0.4, 0.5) is 5.69 Å². The van der Waals surface area contributed by atoms with Crippen molar-refractivity contribution in [2.45, 2.75) is 39.7 Å². The number of hydrogen-bond donors (Lipinski definition) is 1. The Labute approximate surface area is 103 Å². The van der Waals surface area contributed by atoms with Gasteiger partial charge in [-0.1, -0.05) is 13.8 Å². The van der Waals surface area contributed by atoms with Gasteiger partial charge in [0.05, 0.1) is 5.56 Å². The number of aryl methyl sites for hydroxylation is 1. The minimum Gasteiger partial charge on any atom is -0.398 e. The van der Waals surface area contributed by atoms with Crippen LogP contribution in [0.3, 0.4) is 0 Å². The van der Waals surface area contributed by atoms with E-state index in [9.17, 15) is 4.79 Å². The third-order valence-electron chi connectivity index (χ3n) is 3.11. The molecule has 1 aromatic heterocycles. The van der Waals surface area contributed by atoms with Gasteiger partial charge in [0, 0.05) is 30.7 Å². The van der Waals surface area contributed by atoms with Gasteiger partial charge in [-0.15, -0.1) is 0 Å².